The first-order valence-electron chi connectivity index (χ1n) is 7.89. The van der Waals surface area contributed by atoms with Gasteiger partial charge in [0, 0.05) is 11.8 Å². The highest BCUT2D eigenvalue weighted by Crippen LogP contribution is 2.33. The van der Waals surface area contributed by atoms with Gasteiger partial charge >= 0.3 is 0 Å². The molecule has 0 unspecified atom stereocenters. The van der Waals surface area contributed by atoms with Crippen molar-refractivity contribution in [2.24, 2.45) is 0 Å². The van der Waals surface area contributed by atoms with E-state index in [9.17, 15) is 24.5 Å². The van der Waals surface area contributed by atoms with Crippen LogP contribution in [-0.2, 0) is 9.59 Å². The molecule has 1 heterocycles. The van der Waals surface area contributed by atoms with Crippen LogP contribution in [0.3, 0.4) is 0 Å². The Kier molecular flexibility index (Phi) is 5.90. The topological polar surface area (TPSA) is 110 Å². The predicted molar refractivity (Wildman–Crippen MR) is 109 cm³/mol. The van der Waals surface area contributed by atoms with E-state index in [4.69, 9.17) is 0 Å². The molecular weight excluding hydrogens is 450 g/mol. The predicted octanol–water partition coefficient (Wildman–Crippen LogP) is 4.03. The summed E-state index contributed by atoms with van der Waals surface area (Å²) < 4.78 is 0.306. The molecule has 0 saturated carbocycles. The van der Waals surface area contributed by atoms with Gasteiger partial charge in [-0.1, -0.05) is 24.3 Å². The summed E-state index contributed by atoms with van der Waals surface area (Å²) in [6, 6.07) is 13.0. The number of thioether (sulfide) groups is 1. The van der Waals surface area contributed by atoms with E-state index in [1.807, 2.05) is 0 Å². The van der Waals surface area contributed by atoms with Crippen molar-refractivity contribution in [3.63, 3.8) is 0 Å². The molecule has 10 heteroatoms. The summed E-state index contributed by atoms with van der Waals surface area (Å²) in [5.41, 5.74) is 0.793. The molecule has 0 atom stereocenters. The molecule has 2 aromatic rings. The number of nitrogens with zero attached hydrogens (tertiary/aromatic N) is 2. The maximum absolute atomic E-state index is 12.5. The third-order valence-corrected chi connectivity index (χ3v) is 5.28. The Morgan fingerprint density at radius 3 is 2.61 bits per heavy atom. The number of para-hydroxylation sites is 1. The van der Waals surface area contributed by atoms with Gasteiger partial charge in [0.1, 0.15) is 6.54 Å². The van der Waals surface area contributed by atoms with Crippen molar-refractivity contribution in [2.75, 3.05) is 11.9 Å². The van der Waals surface area contributed by atoms with E-state index in [-0.39, 0.29) is 10.6 Å². The summed E-state index contributed by atoms with van der Waals surface area (Å²) in [4.78, 5) is 48.1. The number of carbonyl (C=O) groups excluding carboxylic acids is 3. The molecule has 0 spiro atoms. The van der Waals surface area contributed by atoms with Crippen molar-refractivity contribution in [1.82, 2.24) is 4.90 Å². The molecule has 1 N–H and O–H groups in total. The van der Waals surface area contributed by atoms with Crippen LogP contribution in [0, 0.1) is 10.1 Å². The van der Waals surface area contributed by atoms with E-state index in [0.29, 0.717) is 27.5 Å². The lowest BCUT2D eigenvalue weighted by Gasteiger charge is -2.12. The quantitative estimate of drug-likeness (QED) is 0.408. The summed E-state index contributed by atoms with van der Waals surface area (Å²) in [6.07, 6.45) is 1.39. The fourth-order valence-corrected chi connectivity index (χ4v) is 3.64. The molecule has 1 saturated heterocycles. The second-order valence-corrected chi connectivity index (χ2v) is 7.50. The molecule has 3 rings (SSSR count). The Morgan fingerprint density at radius 1 is 1.21 bits per heavy atom. The Labute approximate surface area is 171 Å². The Balaban J connectivity index is 1.74. The Morgan fingerprint density at radius 2 is 1.93 bits per heavy atom. The van der Waals surface area contributed by atoms with E-state index < -0.39 is 28.5 Å². The van der Waals surface area contributed by atoms with Crippen LogP contribution in [0.5, 0.6) is 0 Å². The second kappa shape index (κ2) is 8.36. The van der Waals surface area contributed by atoms with Gasteiger partial charge < -0.3 is 5.32 Å². The van der Waals surface area contributed by atoms with Gasteiger partial charge in [-0.3, -0.25) is 29.4 Å². The lowest BCUT2D eigenvalue weighted by Crippen LogP contribution is -2.36. The second-order valence-electron chi connectivity index (χ2n) is 5.65. The molecule has 8 nitrogen and oxygen atoms in total. The fourth-order valence-electron chi connectivity index (χ4n) is 2.41. The lowest BCUT2D eigenvalue weighted by molar-refractivity contribution is -0.385. The molecular formula is C18H12BrN3O5S. The van der Waals surface area contributed by atoms with Gasteiger partial charge in [-0.25, -0.2) is 0 Å². The van der Waals surface area contributed by atoms with Gasteiger partial charge in [0.2, 0.25) is 5.91 Å². The number of hydrogen-bond donors (Lipinski definition) is 1. The summed E-state index contributed by atoms with van der Waals surface area (Å²) in [7, 11) is 0. The highest BCUT2D eigenvalue weighted by Gasteiger charge is 2.36. The lowest BCUT2D eigenvalue weighted by atomic mass is 10.2. The van der Waals surface area contributed by atoms with Crippen molar-refractivity contribution < 1.29 is 19.3 Å². The third kappa shape index (κ3) is 4.46. The minimum atomic E-state index is -0.621. The van der Waals surface area contributed by atoms with E-state index in [1.165, 1.54) is 18.2 Å². The van der Waals surface area contributed by atoms with Gasteiger partial charge in [0.15, 0.2) is 0 Å². The average Bonchev–Trinajstić information content (AvgIpc) is 2.91. The number of benzene rings is 2. The molecule has 28 heavy (non-hydrogen) atoms. The van der Waals surface area contributed by atoms with E-state index in [1.54, 1.807) is 36.4 Å². The molecule has 2 aromatic carbocycles. The third-order valence-electron chi connectivity index (χ3n) is 3.70. The van der Waals surface area contributed by atoms with Crippen LogP contribution in [0.25, 0.3) is 6.08 Å². The summed E-state index contributed by atoms with van der Waals surface area (Å²) in [6.45, 7) is -0.419. The number of nitro groups is 1. The standard InChI is InChI=1S/C18H12BrN3O5S/c19-13-7-6-11(8-14(13)22(26)27)9-15-17(24)21(18(25)28-15)10-16(23)20-12-4-2-1-3-5-12/h1-9H,10H2,(H,20,23)/b15-9-. The molecule has 0 radical (unpaired) electrons. The van der Waals surface area contributed by atoms with Gasteiger partial charge in [0.05, 0.1) is 14.3 Å². The van der Waals surface area contributed by atoms with Crippen LogP contribution in [0.2, 0.25) is 0 Å². The number of amides is 3. The minimum Gasteiger partial charge on any atom is -0.325 e. The van der Waals surface area contributed by atoms with Crippen LogP contribution in [0.4, 0.5) is 16.2 Å². The molecule has 0 bridgehead atoms. The normalized spacial score (nSPS) is 15.2. The van der Waals surface area contributed by atoms with Crippen molar-refractivity contribution in [2.45, 2.75) is 0 Å². The largest absolute Gasteiger partial charge is 0.325 e. The number of nitro benzene ring substituents is 1. The first kappa shape index (κ1) is 19.8. The van der Waals surface area contributed by atoms with Crippen LogP contribution in [0.15, 0.2) is 57.9 Å². The van der Waals surface area contributed by atoms with Gasteiger partial charge in [-0.2, -0.15) is 0 Å². The summed E-state index contributed by atoms with van der Waals surface area (Å²) in [5, 5.41) is 13.1. The first-order chi connectivity index (χ1) is 13.3. The molecule has 142 valence electrons. The summed E-state index contributed by atoms with van der Waals surface area (Å²) >= 11 is 3.77. The summed E-state index contributed by atoms with van der Waals surface area (Å²) in [5.74, 6) is -1.13. The fraction of sp³-hybridized carbons (Fsp3) is 0.0556. The van der Waals surface area contributed by atoms with Crippen molar-refractivity contribution in [1.29, 1.82) is 0 Å². The highest BCUT2D eigenvalue weighted by atomic mass is 79.9. The van der Waals surface area contributed by atoms with E-state index in [2.05, 4.69) is 21.2 Å². The van der Waals surface area contributed by atoms with Crippen LogP contribution in [-0.4, -0.2) is 33.4 Å². The zero-order valence-electron chi connectivity index (χ0n) is 14.1. The van der Waals surface area contributed by atoms with Crippen LogP contribution >= 0.6 is 27.7 Å². The van der Waals surface area contributed by atoms with Gasteiger partial charge in [-0.15, -0.1) is 0 Å². The Bertz CT molecular complexity index is 1010. The first-order valence-corrected chi connectivity index (χ1v) is 9.50. The number of imide groups is 1. The van der Waals surface area contributed by atoms with Gasteiger partial charge in [-0.05, 0) is 57.5 Å². The van der Waals surface area contributed by atoms with E-state index >= 15 is 0 Å². The van der Waals surface area contributed by atoms with Crippen molar-refractivity contribution in [3.05, 3.63) is 73.6 Å². The van der Waals surface area contributed by atoms with Crippen molar-refractivity contribution in [3.8, 4) is 0 Å². The monoisotopic (exact) mass is 461 g/mol. The molecule has 1 aliphatic rings. The molecule has 1 aliphatic heterocycles. The number of nitrogens with one attached hydrogen (secondary N) is 1. The van der Waals surface area contributed by atoms with Crippen molar-refractivity contribution >= 4 is 62.2 Å². The maximum atomic E-state index is 12.5. The zero-order chi connectivity index (χ0) is 20.3. The number of hydrogen-bond acceptors (Lipinski definition) is 6. The van der Waals surface area contributed by atoms with Crippen LogP contribution in [0.1, 0.15) is 5.56 Å². The molecule has 3 amide bonds. The zero-order valence-corrected chi connectivity index (χ0v) is 16.5. The minimum absolute atomic E-state index is 0.0918. The number of rotatable bonds is 5. The molecule has 0 aromatic heterocycles. The van der Waals surface area contributed by atoms with E-state index in [0.717, 1.165) is 4.90 Å². The Hall–Kier alpha value is -2.98. The van der Waals surface area contributed by atoms with Crippen LogP contribution < -0.4 is 5.32 Å². The maximum Gasteiger partial charge on any atom is 0.294 e. The molecule has 1 fully saturated rings. The average molecular weight is 462 g/mol. The number of halogens is 1. The highest BCUT2D eigenvalue weighted by molar-refractivity contribution is 9.10. The smallest absolute Gasteiger partial charge is 0.294 e. The SMILES string of the molecule is O=C(CN1C(=O)S/C(=C\c2ccc(Br)c([N+](=O)[O-])c2)C1=O)Nc1ccccc1. The van der Waals surface area contributed by atoms with Gasteiger partial charge in [0.25, 0.3) is 16.8 Å². The number of carbonyl (C=O) groups is 3. The number of anilines is 1. The molecule has 0 aliphatic carbocycles.